The van der Waals surface area contributed by atoms with Crippen molar-refractivity contribution in [1.82, 2.24) is 4.90 Å². The second-order valence-electron chi connectivity index (χ2n) is 5.96. The Morgan fingerprint density at radius 1 is 1.00 bits per heavy atom. The molecule has 0 aromatic carbocycles. The Bertz CT molecular complexity index is 272. The second kappa shape index (κ2) is 2.74. The van der Waals surface area contributed by atoms with E-state index in [-0.39, 0.29) is 16.5 Å². The van der Waals surface area contributed by atoms with E-state index >= 15 is 0 Å². The summed E-state index contributed by atoms with van der Waals surface area (Å²) in [5, 5.41) is 0. The van der Waals surface area contributed by atoms with Crippen LogP contribution in [-0.4, -0.2) is 28.9 Å². The maximum atomic E-state index is 4.79. The first-order valence-corrected chi connectivity index (χ1v) is 5.34. The first-order chi connectivity index (χ1) is 6.04. The normalized spacial score (nSPS) is 28.6. The zero-order valence-corrected chi connectivity index (χ0v) is 10.9. The molecular weight excluding hydrogens is 172 g/mol. The molecule has 1 aliphatic rings. The molecule has 0 bridgehead atoms. The summed E-state index contributed by atoms with van der Waals surface area (Å²) in [7, 11) is 2.13. The Hall–Kier alpha value is -0.530. The van der Waals surface area contributed by atoms with E-state index in [2.05, 4.69) is 60.4 Å². The summed E-state index contributed by atoms with van der Waals surface area (Å²) in [6.07, 6.45) is 0. The standard InChI is InChI=1S/C12H24N2/c1-9-13-11(4,5)10(2,3)12(6,7)14(9)8/h1-8H3. The molecule has 14 heavy (non-hydrogen) atoms. The van der Waals surface area contributed by atoms with Gasteiger partial charge in [-0.1, -0.05) is 13.8 Å². The molecule has 0 fully saturated rings. The van der Waals surface area contributed by atoms with Crippen LogP contribution < -0.4 is 0 Å². The lowest BCUT2D eigenvalue weighted by molar-refractivity contribution is 0.00581. The Morgan fingerprint density at radius 3 is 1.86 bits per heavy atom. The van der Waals surface area contributed by atoms with E-state index in [1.165, 1.54) is 0 Å². The van der Waals surface area contributed by atoms with Crippen LogP contribution in [0.4, 0.5) is 0 Å². The molecule has 2 heteroatoms. The zero-order valence-electron chi connectivity index (χ0n) is 10.9. The second-order valence-corrected chi connectivity index (χ2v) is 5.96. The molecule has 1 rings (SSSR count). The minimum absolute atomic E-state index is 0.00704. The first kappa shape index (κ1) is 11.5. The van der Waals surface area contributed by atoms with Gasteiger partial charge in [0.15, 0.2) is 0 Å². The monoisotopic (exact) mass is 196 g/mol. The molecule has 0 radical (unpaired) electrons. The number of rotatable bonds is 0. The van der Waals surface area contributed by atoms with E-state index in [1.807, 2.05) is 0 Å². The van der Waals surface area contributed by atoms with Gasteiger partial charge in [0, 0.05) is 18.0 Å². The van der Waals surface area contributed by atoms with Crippen molar-refractivity contribution in [1.29, 1.82) is 0 Å². The molecule has 0 aromatic heterocycles. The topological polar surface area (TPSA) is 15.6 Å². The molecule has 0 atom stereocenters. The predicted molar refractivity (Wildman–Crippen MR) is 62.8 cm³/mol. The number of amidine groups is 1. The molecule has 0 amide bonds. The van der Waals surface area contributed by atoms with Crippen LogP contribution in [0.2, 0.25) is 0 Å². The summed E-state index contributed by atoms with van der Waals surface area (Å²) in [6.45, 7) is 15.8. The number of hydrogen-bond donors (Lipinski definition) is 0. The van der Waals surface area contributed by atoms with Crippen molar-refractivity contribution in [3.63, 3.8) is 0 Å². The summed E-state index contributed by atoms with van der Waals surface area (Å²) in [4.78, 5) is 7.08. The molecule has 0 spiro atoms. The summed E-state index contributed by atoms with van der Waals surface area (Å²) in [6, 6.07) is 0. The van der Waals surface area contributed by atoms with Gasteiger partial charge in [-0.05, 0) is 34.6 Å². The third-order valence-electron chi connectivity index (χ3n) is 4.82. The highest BCUT2D eigenvalue weighted by Gasteiger charge is 2.53. The van der Waals surface area contributed by atoms with Gasteiger partial charge in [0.25, 0.3) is 0 Å². The van der Waals surface area contributed by atoms with Crippen LogP contribution in [0.15, 0.2) is 4.99 Å². The Morgan fingerprint density at radius 2 is 1.43 bits per heavy atom. The van der Waals surface area contributed by atoms with E-state index in [9.17, 15) is 0 Å². The van der Waals surface area contributed by atoms with Crippen LogP contribution in [0, 0.1) is 5.41 Å². The minimum Gasteiger partial charge on any atom is -0.358 e. The number of hydrogen-bond acceptors (Lipinski definition) is 2. The highest BCUT2D eigenvalue weighted by Crippen LogP contribution is 2.48. The fourth-order valence-corrected chi connectivity index (χ4v) is 2.19. The van der Waals surface area contributed by atoms with Crippen molar-refractivity contribution in [3.8, 4) is 0 Å². The molecule has 0 saturated heterocycles. The van der Waals surface area contributed by atoms with E-state index in [1.54, 1.807) is 0 Å². The largest absolute Gasteiger partial charge is 0.358 e. The van der Waals surface area contributed by atoms with Gasteiger partial charge in [0.2, 0.25) is 0 Å². The Labute approximate surface area is 88.4 Å². The van der Waals surface area contributed by atoms with Crippen molar-refractivity contribution in [3.05, 3.63) is 0 Å². The third-order valence-corrected chi connectivity index (χ3v) is 4.82. The van der Waals surface area contributed by atoms with Crippen molar-refractivity contribution in [2.45, 2.75) is 59.5 Å². The SMILES string of the molecule is CC1=NC(C)(C)C(C)(C)C(C)(C)N1C. The van der Waals surface area contributed by atoms with Gasteiger partial charge in [-0.3, -0.25) is 4.99 Å². The Balaban J connectivity index is 3.34. The zero-order chi connectivity index (χ0) is 11.4. The molecule has 1 aliphatic heterocycles. The Kier molecular flexibility index (Phi) is 2.26. The van der Waals surface area contributed by atoms with Crippen molar-refractivity contribution in [2.75, 3.05) is 7.05 Å². The van der Waals surface area contributed by atoms with Gasteiger partial charge in [0.05, 0.1) is 11.4 Å². The summed E-state index contributed by atoms with van der Waals surface area (Å²) >= 11 is 0. The molecule has 0 unspecified atom stereocenters. The van der Waals surface area contributed by atoms with Gasteiger partial charge >= 0.3 is 0 Å². The third kappa shape index (κ3) is 1.19. The van der Waals surface area contributed by atoms with E-state index in [0.717, 1.165) is 5.84 Å². The summed E-state index contributed by atoms with van der Waals surface area (Å²) in [5.41, 5.74) is 0.309. The maximum Gasteiger partial charge on any atom is 0.0966 e. The van der Waals surface area contributed by atoms with Crippen molar-refractivity contribution >= 4 is 5.84 Å². The van der Waals surface area contributed by atoms with Crippen LogP contribution in [0.1, 0.15) is 48.5 Å². The molecule has 0 saturated carbocycles. The fraction of sp³-hybridized carbons (Fsp3) is 0.917. The first-order valence-electron chi connectivity index (χ1n) is 5.34. The fourth-order valence-electron chi connectivity index (χ4n) is 2.19. The molecule has 0 aromatic rings. The van der Waals surface area contributed by atoms with E-state index < -0.39 is 0 Å². The van der Waals surface area contributed by atoms with Gasteiger partial charge in [-0.25, -0.2) is 0 Å². The van der Waals surface area contributed by atoms with Crippen LogP contribution >= 0.6 is 0 Å². The van der Waals surface area contributed by atoms with Crippen LogP contribution in [0.5, 0.6) is 0 Å². The molecule has 82 valence electrons. The molecule has 1 heterocycles. The van der Waals surface area contributed by atoms with Gasteiger partial charge in [0.1, 0.15) is 0 Å². The average molecular weight is 196 g/mol. The summed E-state index contributed by atoms with van der Waals surface area (Å²) < 4.78 is 0. The van der Waals surface area contributed by atoms with E-state index in [4.69, 9.17) is 4.99 Å². The van der Waals surface area contributed by atoms with Crippen LogP contribution in [-0.2, 0) is 0 Å². The van der Waals surface area contributed by atoms with E-state index in [0.29, 0.717) is 0 Å². The smallest absolute Gasteiger partial charge is 0.0966 e. The highest BCUT2D eigenvalue weighted by atomic mass is 15.3. The van der Waals surface area contributed by atoms with Crippen LogP contribution in [0.25, 0.3) is 0 Å². The molecule has 0 aliphatic carbocycles. The lowest BCUT2D eigenvalue weighted by Crippen LogP contribution is -2.64. The number of nitrogens with zero attached hydrogens (tertiary/aromatic N) is 2. The lowest BCUT2D eigenvalue weighted by atomic mass is 9.61. The lowest BCUT2D eigenvalue weighted by Gasteiger charge is -2.58. The minimum atomic E-state index is 0.00704. The predicted octanol–water partition coefficient (Wildman–Crippen LogP) is 2.93. The average Bonchev–Trinajstić information content (AvgIpc) is 1.99. The van der Waals surface area contributed by atoms with Gasteiger partial charge < -0.3 is 4.90 Å². The summed E-state index contributed by atoms with van der Waals surface area (Å²) in [5.74, 6) is 1.14. The van der Waals surface area contributed by atoms with Crippen LogP contribution in [0.3, 0.4) is 0 Å². The molecular formula is C12H24N2. The maximum absolute atomic E-state index is 4.79. The van der Waals surface area contributed by atoms with Crippen molar-refractivity contribution < 1.29 is 0 Å². The van der Waals surface area contributed by atoms with Crippen molar-refractivity contribution in [2.24, 2.45) is 10.4 Å². The number of aliphatic imine (C=N–C) groups is 1. The quantitative estimate of drug-likeness (QED) is 0.581. The highest BCUT2D eigenvalue weighted by molar-refractivity contribution is 5.81. The molecule has 2 nitrogen and oxygen atoms in total. The van der Waals surface area contributed by atoms with Gasteiger partial charge in [-0.2, -0.15) is 0 Å². The molecule has 0 N–H and O–H groups in total. The van der Waals surface area contributed by atoms with Gasteiger partial charge in [-0.15, -0.1) is 0 Å².